The molecular weight excluding hydrogens is 308 g/mol. The Kier molecular flexibility index (Phi) is 4.81. The number of aromatic nitrogens is 2. The fraction of sp³-hybridized carbons (Fsp3) is 0.353. The van der Waals surface area contributed by atoms with Crippen LogP contribution in [0.3, 0.4) is 0 Å². The third-order valence-corrected chi connectivity index (χ3v) is 5.64. The number of carbonyl (C=O) groups excluding carboxylic acids is 1. The highest BCUT2D eigenvalue weighted by Crippen LogP contribution is 2.42. The van der Waals surface area contributed by atoms with Gasteiger partial charge in [0.1, 0.15) is 5.82 Å². The van der Waals surface area contributed by atoms with Crippen LogP contribution in [-0.4, -0.2) is 33.7 Å². The highest BCUT2D eigenvalue weighted by atomic mass is 32.2. The number of hydrogen-bond acceptors (Lipinski definition) is 5. The average molecular weight is 328 g/mol. The van der Waals surface area contributed by atoms with E-state index in [4.69, 9.17) is 0 Å². The molecule has 0 radical (unpaired) electrons. The summed E-state index contributed by atoms with van der Waals surface area (Å²) in [7, 11) is 0. The van der Waals surface area contributed by atoms with Gasteiger partial charge in [-0.3, -0.25) is 4.79 Å². The van der Waals surface area contributed by atoms with Gasteiger partial charge in [-0.1, -0.05) is 24.6 Å². The molecule has 0 aliphatic heterocycles. The van der Waals surface area contributed by atoms with Crippen molar-refractivity contribution in [3.63, 3.8) is 0 Å². The summed E-state index contributed by atoms with van der Waals surface area (Å²) in [5.74, 6) is 0.455. The first-order valence-corrected chi connectivity index (χ1v) is 8.92. The molecule has 2 aromatic rings. The van der Waals surface area contributed by atoms with Crippen molar-refractivity contribution in [2.75, 3.05) is 23.4 Å². The second kappa shape index (κ2) is 7.00. The van der Waals surface area contributed by atoms with Gasteiger partial charge in [-0.15, -0.1) is 10.2 Å². The Morgan fingerprint density at radius 3 is 2.52 bits per heavy atom. The summed E-state index contributed by atoms with van der Waals surface area (Å²) in [6, 6.07) is 12.8. The lowest BCUT2D eigenvalue weighted by Gasteiger charge is -2.40. The smallest absolute Gasteiger partial charge is 0.276 e. The van der Waals surface area contributed by atoms with E-state index < -0.39 is 0 Å². The molecule has 0 atom stereocenters. The largest absolute Gasteiger partial charge is 0.367 e. The van der Waals surface area contributed by atoms with Gasteiger partial charge in [-0.25, -0.2) is 0 Å². The van der Waals surface area contributed by atoms with Gasteiger partial charge in [0.15, 0.2) is 5.69 Å². The van der Waals surface area contributed by atoms with Crippen LogP contribution in [0.5, 0.6) is 0 Å². The molecule has 0 bridgehead atoms. The van der Waals surface area contributed by atoms with Gasteiger partial charge in [0.25, 0.3) is 5.91 Å². The lowest BCUT2D eigenvalue weighted by atomic mass is 9.84. The Bertz CT molecular complexity index is 651. The van der Waals surface area contributed by atoms with Crippen LogP contribution in [0, 0.1) is 0 Å². The molecule has 1 aromatic heterocycles. The summed E-state index contributed by atoms with van der Waals surface area (Å²) in [6.45, 7) is 0.887. The van der Waals surface area contributed by atoms with Crippen LogP contribution in [0.15, 0.2) is 42.5 Å². The molecule has 5 nitrogen and oxygen atoms in total. The van der Waals surface area contributed by atoms with Crippen molar-refractivity contribution in [3.8, 4) is 0 Å². The maximum atomic E-state index is 12.1. The van der Waals surface area contributed by atoms with Crippen molar-refractivity contribution in [1.29, 1.82) is 0 Å². The first-order chi connectivity index (χ1) is 11.2. The quantitative estimate of drug-likeness (QED) is 0.850. The van der Waals surface area contributed by atoms with Crippen LogP contribution in [0.2, 0.25) is 0 Å². The van der Waals surface area contributed by atoms with Gasteiger partial charge in [-0.05, 0) is 43.4 Å². The van der Waals surface area contributed by atoms with E-state index in [2.05, 4.69) is 27.1 Å². The van der Waals surface area contributed by atoms with Crippen LogP contribution >= 0.6 is 11.8 Å². The molecule has 120 valence electrons. The lowest BCUT2D eigenvalue weighted by Crippen LogP contribution is -2.40. The molecule has 1 aliphatic rings. The number of rotatable bonds is 6. The lowest BCUT2D eigenvalue weighted by molar-refractivity contribution is 0.102. The Labute approximate surface area is 140 Å². The third-order valence-electron chi connectivity index (χ3n) is 4.22. The zero-order valence-electron chi connectivity index (χ0n) is 13.1. The van der Waals surface area contributed by atoms with Crippen molar-refractivity contribution < 1.29 is 4.79 Å². The number of nitrogens with zero attached hydrogens (tertiary/aromatic N) is 2. The van der Waals surface area contributed by atoms with E-state index in [-0.39, 0.29) is 5.91 Å². The van der Waals surface area contributed by atoms with Crippen molar-refractivity contribution in [2.24, 2.45) is 0 Å². The topological polar surface area (TPSA) is 66.9 Å². The molecule has 1 fully saturated rings. The predicted octanol–water partition coefficient (Wildman–Crippen LogP) is 3.43. The zero-order chi connectivity index (χ0) is 16.1. The molecule has 0 unspecified atom stereocenters. The Balaban J connectivity index is 1.57. The number of carbonyl (C=O) groups is 1. The minimum absolute atomic E-state index is 0.255. The summed E-state index contributed by atoms with van der Waals surface area (Å²) < 4.78 is 0.338. The second-order valence-corrected chi connectivity index (χ2v) is 6.99. The number of thioether (sulfide) groups is 1. The van der Waals surface area contributed by atoms with Crippen molar-refractivity contribution >= 4 is 29.2 Å². The molecule has 23 heavy (non-hydrogen) atoms. The van der Waals surface area contributed by atoms with Gasteiger partial charge >= 0.3 is 0 Å². The molecule has 6 heteroatoms. The number of para-hydroxylation sites is 1. The maximum absolute atomic E-state index is 12.1. The highest BCUT2D eigenvalue weighted by Gasteiger charge is 2.35. The number of anilines is 2. The SMILES string of the molecule is CSC1(CNc2ccc(C(=O)Nc3ccccc3)nn2)CCC1. The highest BCUT2D eigenvalue weighted by molar-refractivity contribution is 8.00. The minimum Gasteiger partial charge on any atom is -0.367 e. The van der Waals surface area contributed by atoms with Gasteiger partial charge in [0.2, 0.25) is 0 Å². The summed E-state index contributed by atoms with van der Waals surface area (Å²) in [5, 5.41) is 14.2. The summed E-state index contributed by atoms with van der Waals surface area (Å²) >= 11 is 1.91. The second-order valence-electron chi connectivity index (χ2n) is 5.72. The van der Waals surface area contributed by atoms with E-state index in [1.807, 2.05) is 42.1 Å². The Morgan fingerprint density at radius 1 is 1.17 bits per heavy atom. The van der Waals surface area contributed by atoms with Crippen LogP contribution in [0.1, 0.15) is 29.8 Å². The molecule has 1 aliphatic carbocycles. The first-order valence-electron chi connectivity index (χ1n) is 7.70. The zero-order valence-corrected chi connectivity index (χ0v) is 13.9. The number of hydrogen-bond donors (Lipinski definition) is 2. The fourth-order valence-corrected chi connectivity index (χ4v) is 3.45. The number of amides is 1. The molecule has 1 heterocycles. The summed E-state index contributed by atoms with van der Waals surface area (Å²) in [5.41, 5.74) is 1.05. The van der Waals surface area contributed by atoms with Crippen LogP contribution in [0.25, 0.3) is 0 Å². The molecule has 0 saturated heterocycles. The Hall–Kier alpha value is -2.08. The molecular formula is C17H20N4OS. The number of benzene rings is 1. The van der Waals surface area contributed by atoms with Crippen LogP contribution in [0.4, 0.5) is 11.5 Å². The standard InChI is InChI=1S/C17H20N4OS/c1-23-17(10-5-11-17)12-18-15-9-8-14(20-21-15)16(22)19-13-6-3-2-4-7-13/h2-4,6-9H,5,10-12H2,1H3,(H,18,21)(H,19,22). The molecule has 2 N–H and O–H groups in total. The first kappa shape index (κ1) is 15.8. The van der Waals surface area contributed by atoms with E-state index >= 15 is 0 Å². The maximum Gasteiger partial charge on any atom is 0.276 e. The Morgan fingerprint density at radius 2 is 1.96 bits per heavy atom. The molecule has 1 aromatic carbocycles. The van der Waals surface area contributed by atoms with Gasteiger partial charge in [-0.2, -0.15) is 11.8 Å². The normalized spacial score (nSPS) is 15.5. The van der Waals surface area contributed by atoms with Crippen LogP contribution < -0.4 is 10.6 Å². The van der Waals surface area contributed by atoms with Gasteiger partial charge in [0.05, 0.1) is 0 Å². The molecule has 1 saturated carbocycles. The third kappa shape index (κ3) is 3.82. The summed E-state index contributed by atoms with van der Waals surface area (Å²) in [6.07, 6.45) is 5.94. The average Bonchev–Trinajstić information content (AvgIpc) is 2.56. The molecule has 1 amide bonds. The fourth-order valence-electron chi connectivity index (χ4n) is 2.54. The van der Waals surface area contributed by atoms with Crippen LogP contribution in [-0.2, 0) is 0 Å². The van der Waals surface area contributed by atoms with E-state index in [9.17, 15) is 4.79 Å². The predicted molar refractivity (Wildman–Crippen MR) is 95.0 cm³/mol. The summed E-state index contributed by atoms with van der Waals surface area (Å²) in [4.78, 5) is 12.1. The van der Waals surface area contributed by atoms with Crippen molar-refractivity contribution in [3.05, 3.63) is 48.2 Å². The van der Waals surface area contributed by atoms with Gasteiger partial charge < -0.3 is 10.6 Å². The monoisotopic (exact) mass is 328 g/mol. The number of nitrogens with one attached hydrogen (secondary N) is 2. The van der Waals surface area contributed by atoms with E-state index in [1.54, 1.807) is 12.1 Å². The molecule has 0 spiro atoms. The van der Waals surface area contributed by atoms with Crippen molar-refractivity contribution in [1.82, 2.24) is 10.2 Å². The van der Waals surface area contributed by atoms with E-state index in [1.165, 1.54) is 19.3 Å². The van der Waals surface area contributed by atoms with Crippen molar-refractivity contribution in [2.45, 2.75) is 24.0 Å². The van der Waals surface area contributed by atoms with E-state index in [0.717, 1.165) is 12.2 Å². The molecule has 3 rings (SSSR count). The minimum atomic E-state index is -0.255. The van der Waals surface area contributed by atoms with Gasteiger partial charge in [0, 0.05) is 17.0 Å². The van der Waals surface area contributed by atoms with E-state index in [0.29, 0.717) is 16.3 Å².